The van der Waals surface area contributed by atoms with E-state index in [4.69, 9.17) is 24.7 Å². The molecule has 0 saturated carbocycles. The lowest BCUT2D eigenvalue weighted by Crippen LogP contribution is -2.67. The molecule has 27 heavy (non-hydrogen) atoms. The number of carbonyl (C=O) groups excluding carboxylic acids is 1. The Morgan fingerprint density at radius 3 is 2.22 bits per heavy atom. The van der Waals surface area contributed by atoms with Crippen LogP contribution in [0.1, 0.15) is 13.8 Å². The number of aliphatic hydroxyl groups is 4. The molecule has 0 bridgehead atoms. The lowest BCUT2D eigenvalue weighted by atomic mass is 9.89. The zero-order valence-electron chi connectivity index (χ0n) is 15.6. The molecule has 0 aromatic rings. The van der Waals surface area contributed by atoms with Gasteiger partial charge in [0, 0.05) is 20.0 Å². The van der Waals surface area contributed by atoms with E-state index in [2.05, 4.69) is 5.32 Å². The molecule has 0 aromatic carbocycles. The van der Waals surface area contributed by atoms with E-state index >= 15 is 0 Å². The van der Waals surface area contributed by atoms with Crippen LogP contribution >= 0.6 is 0 Å². The number of hydrogen-bond acceptors (Lipinski definition) is 10. The lowest BCUT2D eigenvalue weighted by Gasteiger charge is -2.47. The first kappa shape index (κ1) is 22.4. The first-order valence-electron chi connectivity index (χ1n) is 8.84. The van der Waals surface area contributed by atoms with Gasteiger partial charge in [-0.2, -0.15) is 0 Å². The molecule has 0 spiro atoms. The van der Waals surface area contributed by atoms with Crippen LogP contribution in [0.25, 0.3) is 0 Å². The zero-order valence-corrected chi connectivity index (χ0v) is 15.6. The molecular weight excluding hydrogens is 364 g/mol. The van der Waals surface area contributed by atoms with Crippen LogP contribution in [-0.4, -0.2) is 102 Å². The van der Waals surface area contributed by atoms with Crippen molar-refractivity contribution in [1.82, 2.24) is 5.32 Å². The molecular formula is C16H30N2O9. The third-order valence-electron chi connectivity index (χ3n) is 5.07. The number of carbonyl (C=O) groups is 1. The Labute approximate surface area is 157 Å². The number of rotatable bonds is 6. The Balaban J connectivity index is 2.19. The molecule has 7 N–H and O–H groups in total. The highest BCUT2D eigenvalue weighted by Crippen LogP contribution is 2.30. The second-order valence-electron chi connectivity index (χ2n) is 6.93. The molecule has 2 heterocycles. The predicted molar refractivity (Wildman–Crippen MR) is 90.1 cm³/mol. The Hall–Kier alpha value is -0.890. The summed E-state index contributed by atoms with van der Waals surface area (Å²) in [5.74, 6) is -0.836. The quantitative estimate of drug-likeness (QED) is 0.267. The summed E-state index contributed by atoms with van der Waals surface area (Å²) in [5, 5.41) is 42.6. The van der Waals surface area contributed by atoms with E-state index in [0.29, 0.717) is 0 Å². The molecule has 0 aliphatic carbocycles. The smallest absolute Gasteiger partial charge is 0.217 e. The van der Waals surface area contributed by atoms with Crippen molar-refractivity contribution in [3.63, 3.8) is 0 Å². The van der Waals surface area contributed by atoms with Crippen LogP contribution in [0.4, 0.5) is 0 Å². The van der Waals surface area contributed by atoms with Crippen LogP contribution in [0, 0.1) is 5.92 Å². The molecule has 1 amide bonds. The number of amides is 1. The lowest BCUT2D eigenvalue weighted by molar-refractivity contribution is -0.323. The Kier molecular flexibility index (Phi) is 7.92. The van der Waals surface area contributed by atoms with E-state index in [0.717, 1.165) is 0 Å². The number of methoxy groups -OCH3 is 1. The third kappa shape index (κ3) is 4.75. The normalized spacial score (nSPS) is 45.5. The standard InChI is InChI=1S/C16H30N2O9/c1-6-8(4-19)25-15(10(17)12(6)22)27-14-9(5-20)26-16(24-3)11(13(14)23)18-7(2)21/h6,8-16,19-20,22-23H,4-5,17H2,1-3H3,(H,18,21)/t6-,8?,9+,10?,11?,12+,13?,14-,15+,16-/m1/s1. The Morgan fingerprint density at radius 1 is 1.11 bits per heavy atom. The minimum absolute atomic E-state index is 0.349. The average Bonchev–Trinajstić information content (AvgIpc) is 2.64. The number of ether oxygens (including phenoxy) is 4. The van der Waals surface area contributed by atoms with Crippen LogP contribution in [0.15, 0.2) is 0 Å². The maximum atomic E-state index is 11.5. The van der Waals surface area contributed by atoms with Gasteiger partial charge in [0.1, 0.15) is 24.4 Å². The molecule has 10 atom stereocenters. The molecule has 0 aromatic heterocycles. The van der Waals surface area contributed by atoms with Gasteiger partial charge in [-0.1, -0.05) is 6.92 Å². The molecule has 2 aliphatic heterocycles. The number of nitrogens with one attached hydrogen (secondary N) is 1. The fraction of sp³-hybridized carbons (Fsp3) is 0.938. The third-order valence-corrected chi connectivity index (χ3v) is 5.07. The molecule has 11 heteroatoms. The van der Waals surface area contributed by atoms with E-state index in [-0.39, 0.29) is 6.61 Å². The minimum atomic E-state index is -1.32. The van der Waals surface area contributed by atoms with Gasteiger partial charge in [-0.05, 0) is 0 Å². The van der Waals surface area contributed by atoms with Crippen LogP contribution in [-0.2, 0) is 23.7 Å². The van der Waals surface area contributed by atoms with Gasteiger partial charge in [-0.15, -0.1) is 0 Å². The molecule has 2 fully saturated rings. The second-order valence-corrected chi connectivity index (χ2v) is 6.93. The summed E-state index contributed by atoms with van der Waals surface area (Å²) in [6.45, 7) is 2.11. The predicted octanol–water partition coefficient (Wildman–Crippen LogP) is -3.36. The van der Waals surface area contributed by atoms with Crippen molar-refractivity contribution >= 4 is 5.91 Å². The maximum absolute atomic E-state index is 11.5. The minimum Gasteiger partial charge on any atom is -0.394 e. The van der Waals surface area contributed by atoms with E-state index in [1.807, 2.05) is 0 Å². The van der Waals surface area contributed by atoms with Crippen LogP contribution in [0.2, 0.25) is 0 Å². The number of nitrogens with two attached hydrogens (primary N) is 1. The van der Waals surface area contributed by atoms with Crippen LogP contribution in [0.3, 0.4) is 0 Å². The molecule has 2 saturated heterocycles. The monoisotopic (exact) mass is 394 g/mol. The summed E-state index contributed by atoms with van der Waals surface area (Å²) in [5.41, 5.74) is 5.99. The maximum Gasteiger partial charge on any atom is 0.217 e. The summed E-state index contributed by atoms with van der Waals surface area (Å²) in [6.07, 6.45) is -7.32. The molecule has 2 aliphatic rings. The van der Waals surface area contributed by atoms with Crippen molar-refractivity contribution in [3.8, 4) is 0 Å². The second kappa shape index (κ2) is 9.54. The highest BCUT2D eigenvalue weighted by atomic mass is 16.7. The van der Waals surface area contributed by atoms with E-state index in [1.165, 1.54) is 14.0 Å². The topological polar surface area (TPSA) is 173 Å². The van der Waals surface area contributed by atoms with Gasteiger partial charge in [-0.3, -0.25) is 4.79 Å². The zero-order chi connectivity index (χ0) is 20.3. The highest BCUT2D eigenvalue weighted by Gasteiger charge is 2.50. The van der Waals surface area contributed by atoms with Gasteiger partial charge in [0.2, 0.25) is 5.91 Å². The Bertz CT molecular complexity index is 495. The van der Waals surface area contributed by atoms with E-state index in [9.17, 15) is 25.2 Å². The summed E-state index contributed by atoms with van der Waals surface area (Å²) >= 11 is 0. The first-order chi connectivity index (χ1) is 12.7. The Morgan fingerprint density at radius 2 is 1.70 bits per heavy atom. The van der Waals surface area contributed by atoms with Gasteiger partial charge in [0.25, 0.3) is 0 Å². The van der Waals surface area contributed by atoms with Gasteiger partial charge in [0.15, 0.2) is 12.6 Å². The molecule has 0 radical (unpaired) electrons. The molecule has 11 nitrogen and oxygen atoms in total. The van der Waals surface area contributed by atoms with Crippen LogP contribution < -0.4 is 11.1 Å². The summed E-state index contributed by atoms with van der Waals surface area (Å²) in [7, 11) is 1.34. The van der Waals surface area contributed by atoms with Crippen molar-refractivity contribution in [2.75, 3.05) is 20.3 Å². The van der Waals surface area contributed by atoms with Gasteiger partial charge in [0.05, 0.1) is 31.5 Å². The molecule has 2 rings (SSSR count). The van der Waals surface area contributed by atoms with E-state index < -0.39 is 73.6 Å². The van der Waals surface area contributed by atoms with Crippen molar-refractivity contribution in [3.05, 3.63) is 0 Å². The largest absolute Gasteiger partial charge is 0.394 e. The number of hydrogen-bond donors (Lipinski definition) is 6. The van der Waals surface area contributed by atoms with Gasteiger partial charge >= 0.3 is 0 Å². The summed E-state index contributed by atoms with van der Waals surface area (Å²) < 4.78 is 22.1. The van der Waals surface area contributed by atoms with Crippen LogP contribution in [0.5, 0.6) is 0 Å². The molecule has 158 valence electrons. The van der Waals surface area contributed by atoms with Gasteiger partial charge < -0.3 is 50.4 Å². The average molecular weight is 394 g/mol. The number of aliphatic hydroxyl groups excluding tert-OH is 4. The first-order valence-corrected chi connectivity index (χ1v) is 8.84. The molecule has 4 unspecified atom stereocenters. The van der Waals surface area contributed by atoms with E-state index in [1.54, 1.807) is 6.92 Å². The van der Waals surface area contributed by atoms with Crippen molar-refractivity contribution in [2.24, 2.45) is 11.7 Å². The van der Waals surface area contributed by atoms with Crippen molar-refractivity contribution in [2.45, 2.75) is 69.0 Å². The summed E-state index contributed by atoms with van der Waals surface area (Å²) in [6, 6.07) is -1.91. The SMILES string of the molecule is CO[C@@H]1O[C@@H](CO)[C@@H](O[C@@H]2OC(CO)[C@@H](C)[C@H](O)C2N)C(O)C1NC(C)=O. The fourth-order valence-electron chi connectivity index (χ4n) is 3.43. The highest BCUT2D eigenvalue weighted by molar-refractivity contribution is 5.73. The van der Waals surface area contributed by atoms with Crippen molar-refractivity contribution < 1.29 is 44.2 Å². The van der Waals surface area contributed by atoms with Gasteiger partial charge in [-0.25, -0.2) is 0 Å². The summed E-state index contributed by atoms with van der Waals surface area (Å²) in [4.78, 5) is 11.5. The van der Waals surface area contributed by atoms with Crippen molar-refractivity contribution in [1.29, 1.82) is 0 Å². The fourth-order valence-corrected chi connectivity index (χ4v) is 3.43.